The zero-order valence-electron chi connectivity index (χ0n) is 12.6. The van der Waals surface area contributed by atoms with Crippen LogP contribution in [0.15, 0.2) is 36.5 Å². The van der Waals surface area contributed by atoms with Gasteiger partial charge in [-0.25, -0.2) is 0 Å². The number of hydrogen-bond donors (Lipinski definition) is 0. The lowest BCUT2D eigenvalue weighted by molar-refractivity contribution is 0.101. The Morgan fingerprint density at radius 1 is 1.20 bits per heavy atom. The molecule has 0 radical (unpaired) electrons. The standard InChI is InChI=1S/C18H21NO/c1-12(2)9-15-5-7-16(8-6-15)18-10-13(3)17(11-19-18)14(4)20/h5-8,10-12H,9H2,1-4H3. The fourth-order valence-corrected chi connectivity index (χ4v) is 2.37. The van der Waals surface area contributed by atoms with Crippen LogP contribution in [0, 0.1) is 12.8 Å². The molecule has 0 bridgehead atoms. The first kappa shape index (κ1) is 14.4. The molecule has 2 heteroatoms. The van der Waals surface area contributed by atoms with Crippen molar-refractivity contribution in [2.45, 2.75) is 34.1 Å². The molecule has 20 heavy (non-hydrogen) atoms. The van der Waals surface area contributed by atoms with E-state index in [4.69, 9.17) is 0 Å². The monoisotopic (exact) mass is 267 g/mol. The van der Waals surface area contributed by atoms with Gasteiger partial charge in [0.15, 0.2) is 5.78 Å². The Labute approximate surface area is 120 Å². The van der Waals surface area contributed by atoms with E-state index in [0.717, 1.165) is 23.2 Å². The molecule has 0 aliphatic carbocycles. The third-order valence-electron chi connectivity index (χ3n) is 3.38. The Hall–Kier alpha value is -1.96. The quantitative estimate of drug-likeness (QED) is 0.766. The van der Waals surface area contributed by atoms with Gasteiger partial charge in [0.1, 0.15) is 0 Å². The van der Waals surface area contributed by atoms with E-state index in [1.165, 1.54) is 5.56 Å². The van der Waals surface area contributed by atoms with Crippen molar-refractivity contribution in [3.8, 4) is 11.3 Å². The Morgan fingerprint density at radius 3 is 2.35 bits per heavy atom. The molecule has 0 saturated heterocycles. The van der Waals surface area contributed by atoms with E-state index in [0.29, 0.717) is 11.5 Å². The number of carbonyl (C=O) groups is 1. The van der Waals surface area contributed by atoms with E-state index in [1.54, 1.807) is 13.1 Å². The Morgan fingerprint density at radius 2 is 1.85 bits per heavy atom. The molecule has 104 valence electrons. The Balaban J connectivity index is 2.28. The maximum atomic E-state index is 11.4. The maximum Gasteiger partial charge on any atom is 0.161 e. The number of benzene rings is 1. The highest BCUT2D eigenvalue weighted by Gasteiger charge is 2.07. The van der Waals surface area contributed by atoms with Crippen molar-refractivity contribution >= 4 is 5.78 Å². The Bertz CT molecular complexity index is 612. The second-order valence-electron chi connectivity index (χ2n) is 5.74. The van der Waals surface area contributed by atoms with E-state index >= 15 is 0 Å². The van der Waals surface area contributed by atoms with E-state index in [-0.39, 0.29) is 5.78 Å². The summed E-state index contributed by atoms with van der Waals surface area (Å²) in [4.78, 5) is 15.8. The summed E-state index contributed by atoms with van der Waals surface area (Å²) >= 11 is 0. The molecule has 0 aliphatic heterocycles. The number of aryl methyl sites for hydroxylation is 1. The number of Topliss-reactive ketones (excluding diaryl/α,β-unsaturated/α-hetero) is 1. The molecule has 0 N–H and O–H groups in total. The van der Waals surface area contributed by atoms with Gasteiger partial charge in [-0.1, -0.05) is 38.1 Å². The van der Waals surface area contributed by atoms with Gasteiger partial charge in [0, 0.05) is 17.3 Å². The van der Waals surface area contributed by atoms with Crippen LogP contribution in [0.1, 0.15) is 42.3 Å². The van der Waals surface area contributed by atoms with Crippen LogP contribution in [0.4, 0.5) is 0 Å². The fourth-order valence-electron chi connectivity index (χ4n) is 2.37. The average Bonchev–Trinajstić information content (AvgIpc) is 2.38. The Kier molecular flexibility index (Phi) is 4.33. The average molecular weight is 267 g/mol. The second kappa shape index (κ2) is 6.00. The summed E-state index contributed by atoms with van der Waals surface area (Å²) in [7, 11) is 0. The van der Waals surface area contributed by atoms with Gasteiger partial charge < -0.3 is 0 Å². The summed E-state index contributed by atoms with van der Waals surface area (Å²) in [6, 6.07) is 10.5. The first-order chi connectivity index (χ1) is 9.47. The normalized spacial score (nSPS) is 10.8. The third kappa shape index (κ3) is 3.32. The molecule has 0 atom stereocenters. The number of pyridine rings is 1. The summed E-state index contributed by atoms with van der Waals surface area (Å²) < 4.78 is 0. The SMILES string of the molecule is CC(=O)c1cnc(-c2ccc(CC(C)C)cc2)cc1C. The molecule has 2 nitrogen and oxygen atoms in total. The number of nitrogens with zero attached hydrogens (tertiary/aromatic N) is 1. The van der Waals surface area contributed by atoms with Gasteiger partial charge in [-0.2, -0.15) is 0 Å². The van der Waals surface area contributed by atoms with Gasteiger partial charge >= 0.3 is 0 Å². The lowest BCUT2D eigenvalue weighted by Crippen LogP contribution is -1.98. The van der Waals surface area contributed by atoms with Crippen molar-refractivity contribution in [1.29, 1.82) is 0 Å². The third-order valence-corrected chi connectivity index (χ3v) is 3.38. The van der Waals surface area contributed by atoms with E-state index < -0.39 is 0 Å². The smallest absolute Gasteiger partial charge is 0.161 e. The first-order valence-electron chi connectivity index (χ1n) is 7.04. The van der Waals surface area contributed by atoms with Crippen molar-refractivity contribution in [3.05, 3.63) is 53.2 Å². The van der Waals surface area contributed by atoms with Crippen LogP contribution in [0.25, 0.3) is 11.3 Å². The van der Waals surface area contributed by atoms with Gasteiger partial charge in [-0.15, -0.1) is 0 Å². The molecule has 0 amide bonds. The van der Waals surface area contributed by atoms with Crippen LogP contribution in [-0.2, 0) is 6.42 Å². The van der Waals surface area contributed by atoms with Crippen molar-refractivity contribution in [3.63, 3.8) is 0 Å². The zero-order chi connectivity index (χ0) is 14.7. The molecule has 1 aromatic heterocycles. The van der Waals surface area contributed by atoms with Crippen LogP contribution >= 0.6 is 0 Å². The number of ketones is 1. The van der Waals surface area contributed by atoms with Crippen molar-refractivity contribution in [1.82, 2.24) is 4.98 Å². The van der Waals surface area contributed by atoms with Crippen LogP contribution in [-0.4, -0.2) is 10.8 Å². The highest BCUT2D eigenvalue weighted by molar-refractivity contribution is 5.95. The minimum absolute atomic E-state index is 0.0637. The molecule has 0 aliphatic rings. The molecule has 0 fully saturated rings. The molecular weight excluding hydrogens is 246 g/mol. The number of hydrogen-bond acceptors (Lipinski definition) is 2. The topological polar surface area (TPSA) is 30.0 Å². The summed E-state index contributed by atoms with van der Waals surface area (Å²) in [5, 5.41) is 0. The molecule has 1 heterocycles. The van der Waals surface area contributed by atoms with Gasteiger partial charge in [0.05, 0.1) is 5.69 Å². The molecule has 2 rings (SSSR count). The summed E-state index contributed by atoms with van der Waals surface area (Å²) in [5.74, 6) is 0.727. The molecular formula is C18H21NO. The molecule has 0 unspecified atom stereocenters. The van der Waals surface area contributed by atoms with Gasteiger partial charge in [0.2, 0.25) is 0 Å². The van der Waals surface area contributed by atoms with Crippen molar-refractivity contribution < 1.29 is 4.79 Å². The van der Waals surface area contributed by atoms with Crippen LogP contribution in [0.2, 0.25) is 0 Å². The minimum atomic E-state index is 0.0637. The first-order valence-corrected chi connectivity index (χ1v) is 7.04. The second-order valence-corrected chi connectivity index (χ2v) is 5.74. The fraction of sp³-hybridized carbons (Fsp3) is 0.333. The zero-order valence-corrected chi connectivity index (χ0v) is 12.6. The summed E-state index contributed by atoms with van der Waals surface area (Å²) in [6.07, 6.45) is 2.77. The highest BCUT2D eigenvalue weighted by atomic mass is 16.1. The molecule has 0 saturated carbocycles. The predicted octanol–water partition coefficient (Wildman–Crippen LogP) is 4.46. The van der Waals surface area contributed by atoms with Gasteiger partial charge in [-0.05, 0) is 43.4 Å². The largest absolute Gasteiger partial charge is 0.294 e. The van der Waals surface area contributed by atoms with Crippen LogP contribution < -0.4 is 0 Å². The lowest BCUT2D eigenvalue weighted by atomic mass is 10.00. The van der Waals surface area contributed by atoms with Crippen LogP contribution in [0.3, 0.4) is 0 Å². The van der Waals surface area contributed by atoms with Crippen molar-refractivity contribution in [2.24, 2.45) is 5.92 Å². The molecule has 0 spiro atoms. The lowest BCUT2D eigenvalue weighted by Gasteiger charge is -2.08. The van der Waals surface area contributed by atoms with Gasteiger partial charge in [-0.3, -0.25) is 9.78 Å². The number of carbonyl (C=O) groups excluding carboxylic acids is 1. The van der Waals surface area contributed by atoms with Crippen molar-refractivity contribution in [2.75, 3.05) is 0 Å². The maximum absolute atomic E-state index is 11.4. The number of rotatable bonds is 4. The number of aromatic nitrogens is 1. The minimum Gasteiger partial charge on any atom is -0.294 e. The van der Waals surface area contributed by atoms with Crippen LogP contribution in [0.5, 0.6) is 0 Å². The highest BCUT2D eigenvalue weighted by Crippen LogP contribution is 2.21. The predicted molar refractivity (Wildman–Crippen MR) is 83.0 cm³/mol. The summed E-state index contributed by atoms with van der Waals surface area (Å²) in [5.41, 5.74) is 5.04. The van der Waals surface area contributed by atoms with Gasteiger partial charge in [0.25, 0.3) is 0 Å². The molecule has 2 aromatic rings. The molecule has 1 aromatic carbocycles. The van der Waals surface area contributed by atoms with E-state index in [2.05, 4.69) is 43.1 Å². The summed E-state index contributed by atoms with van der Waals surface area (Å²) in [6.45, 7) is 7.97. The van der Waals surface area contributed by atoms with E-state index in [9.17, 15) is 4.79 Å². The van der Waals surface area contributed by atoms with E-state index in [1.807, 2.05) is 13.0 Å².